The van der Waals surface area contributed by atoms with E-state index in [1.807, 2.05) is 39.8 Å². The van der Waals surface area contributed by atoms with Gasteiger partial charge in [-0.25, -0.2) is 4.79 Å². The van der Waals surface area contributed by atoms with Gasteiger partial charge >= 0.3 is 5.97 Å². The average molecular weight is 315 g/mol. The highest BCUT2D eigenvalue weighted by molar-refractivity contribution is 5.75. The number of nitriles is 1. The van der Waals surface area contributed by atoms with Crippen molar-refractivity contribution < 1.29 is 9.63 Å². The molecule has 1 aliphatic heterocycles. The Morgan fingerprint density at radius 2 is 1.74 bits per heavy atom. The molecule has 23 heavy (non-hydrogen) atoms. The standard InChI is InChI=1S/C18H25N3O2/c1-14(13-19)15-5-7-16(8-6-15)20-9-11-21(12-10-20)23-17(22)18(2,3)4/h5-8,14H,9-12H2,1-4H3. The monoisotopic (exact) mass is 315 g/mol. The first-order chi connectivity index (χ1) is 10.8. The molecule has 1 heterocycles. The van der Waals surface area contributed by atoms with Crippen LogP contribution >= 0.6 is 0 Å². The number of nitrogens with zero attached hydrogens (tertiary/aromatic N) is 3. The van der Waals surface area contributed by atoms with Crippen LogP contribution in [0.5, 0.6) is 0 Å². The first-order valence-corrected chi connectivity index (χ1v) is 8.03. The lowest BCUT2D eigenvalue weighted by Gasteiger charge is -2.35. The quantitative estimate of drug-likeness (QED) is 0.858. The number of piperazine rings is 1. The topological polar surface area (TPSA) is 56.6 Å². The van der Waals surface area contributed by atoms with Crippen molar-refractivity contribution in [2.24, 2.45) is 5.41 Å². The van der Waals surface area contributed by atoms with E-state index in [2.05, 4.69) is 23.1 Å². The summed E-state index contributed by atoms with van der Waals surface area (Å²) in [6.07, 6.45) is 0. The number of carbonyl (C=O) groups is 1. The predicted molar refractivity (Wildman–Crippen MR) is 89.8 cm³/mol. The smallest absolute Gasteiger partial charge is 0.330 e. The number of hydroxylamine groups is 2. The molecule has 5 nitrogen and oxygen atoms in total. The van der Waals surface area contributed by atoms with Crippen LogP contribution in [0.3, 0.4) is 0 Å². The fraction of sp³-hybridized carbons (Fsp3) is 0.556. The van der Waals surface area contributed by atoms with Crippen LogP contribution in [0.1, 0.15) is 39.2 Å². The van der Waals surface area contributed by atoms with Crippen LogP contribution in [0.25, 0.3) is 0 Å². The second-order valence-corrected chi connectivity index (χ2v) is 6.99. The Kier molecular flexibility index (Phi) is 5.27. The predicted octanol–water partition coefficient (Wildman–Crippen LogP) is 2.94. The van der Waals surface area contributed by atoms with E-state index in [1.165, 1.54) is 0 Å². The number of carbonyl (C=O) groups excluding carboxylic acids is 1. The van der Waals surface area contributed by atoms with E-state index in [4.69, 9.17) is 10.1 Å². The number of benzene rings is 1. The highest BCUT2D eigenvalue weighted by Gasteiger charge is 2.27. The summed E-state index contributed by atoms with van der Waals surface area (Å²) in [6, 6.07) is 10.4. The summed E-state index contributed by atoms with van der Waals surface area (Å²) in [5, 5.41) is 10.7. The SMILES string of the molecule is CC(C#N)c1ccc(N2CCN(OC(=O)C(C)(C)C)CC2)cc1. The molecule has 0 aliphatic carbocycles. The van der Waals surface area contributed by atoms with Crippen molar-refractivity contribution in [2.45, 2.75) is 33.6 Å². The van der Waals surface area contributed by atoms with Gasteiger partial charge in [0.1, 0.15) is 0 Å². The van der Waals surface area contributed by atoms with Gasteiger partial charge in [0.15, 0.2) is 0 Å². The zero-order chi connectivity index (χ0) is 17.0. The molecular weight excluding hydrogens is 290 g/mol. The van der Waals surface area contributed by atoms with Gasteiger partial charge in [0, 0.05) is 18.8 Å². The van der Waals surface area contributed by atoms with E-state index in [0.717, 1.165) is 24.3 Å². The van der Waals surface area contributed by atoms with Crippen molar-refractivity contribution in [1.29, 1.82) is 5.26 Å². The molecule has 0 bridgehead atoms. The lowest BCUT2D eigenvalue weighted by Crippen LogP contribution is -2.48. The van der Waals surface area contributed by atoms with Gasteiger partial charge in [0.25, 0.3) is 0 Å². The van der Waals surface area contributed by atoms with Gasteiger partial charge in [-0.2, -0.15) is 5.26 Å². The van der Waals surface area contributed by atoms with Gasteiger partial charge in [-0.05, 0) is 45.4 Å². The van der Waals surface area contributed by atoms with Gasteiger partial charge in [0.05, 0.1) is 30.5 Å². The van der Waals surface area contributed by atoms with Gasteiger partial charge in [-0.1, -0.05) is 12.1 Å². The summed E-state index contributed by atoms with van der Waals surface area (Å²) in [6.45, 7) is 10.5. The van der Waals surface area contributed by atoms with Crippen LogP contribution in [0.15, 0.2) is 24.3 Å². The normalized spacial score (nSPS) is 17.4. The van der Waals surface area contributed by atoms with Crippen LogP contribution in [0, 0.1) is 16.7 Å². The minimum atomic E-state index is -0.482. The number of rotatable bonds is 3. The Morgan fingerprint density at radius 1 is 1.17 bits per heavy atom. The van der Waals surface area contributed by atoms with E-state index < -0.39 is 5.41 Å². The molecule has 0 radical (unpaired) electrons. The van der Waals surface area contributed by atoms with Gasteiger partial charge in [0.2, 0.25) is 0 Å². The number of hydrogen-bond donors (Lipinski definition) is 0. The summed E-state index contributed by atoms with van der Waals surface area (Å²) >= 11 is 0. The van der Waals surface area contributed by atoms with Crippen LogP contribution < -0.4 is 4.90 Å². The molecule has 1 aromatic carbocycles. The zero-order valence-corrected chi connectivity index (χ0v) is 14.4. The molecule has 1 unspecified atom stereocenters. The first kappa shape index (κ1) is 17.3. The third-order valence-electron chi connectivity index (χ3n) is 4.01. The summed E-state index contributed by atoms with van der Waals surface area (Å²) in [5.41, 5.74) is 1.69. The molecule has 1 aromatic rings. The maximum atomic E-state index is 11.9. The molecule has 124 valence electrons. The molecule has 0 saturated carbocycles. The van der Waals surface area contributed by atoms with E-state index >= 15 is 0 Å². The van der Waals surface area contributed by atoms with Gasteiger partial charge < -0.3 is 9.74 Å². The molecule has 5 heteroatoms. The largest absolute Gasteiger partial charge is 0.369 e. The van der Waals surface area contributed by atoms with Crippen molar-refractivity contribution in [3.8, 4) is 6.07 Å². The molecular formula is C18H25N3O2. The highest BCUT2D eigenvalue weighted by Crippen LogP contribution is 2.22. The zero-order valence-electron chi connectivity index (χ0n) is 14.4. The lowest BCUT2D eigenvalue weighted by atomic mass is 9.98. The summed E-state index contributed by atoms with van der Waals surface area (Å²) in [7, 11) is 0. The molecule has 0 N–H and O–H groups in total. The second kappa shape index (κ2) is 7.01. The Hall–Kier alpha value is -2.06. The number of anilines is 1. The molecule has 0 spiro atoms. The number of hydrogen-bond acceptors (Lipinski definition) is 5. The van der Waals surface area contributed by atoms with Crippen molar-refractivity contribution >= 4 is 11.7 Å². The molecule has 1 fully saturated rings. The lowest BCUT2D eigenvalue weighted by molar-refractivity contribution is -0.201. The maximum Gasteiger partial charge on any atom is 0.330 e. The van der Waals surface area contributed by atoms with Crippen LogP contribution in [0.2, 0.25) is 0 Å². The van der Waals surface area contributed by atoms with E-state index in [1.54, 1.807) is 5.06 Å². The summed E-state index contributed by atoms with van der Waals surface area (Å²) < 4.78 is 0. The Balaban J connectivity index is 1.89. The maximum absolute atomic E-state index is 11.9. The average Bonchev–Trinajstić information content (AvgIpc) is 2.54. The highest BCUT2D eigenvalue weighted by atomic mass is 16.7. The molecule has 1 atom stereocenters. The third kappa shape index (κ3) is 4.46. The molecule has 1 saturated heterocycles. The van der Waals surface area contributed by atoms with E-state index in [0.29, 0.717) is 13.1 Å². The van der Waals surface area contributed by atoms with Gasteiger partial charge in [-0.15, -0.1) is 5.06 Å². The van der Waals surface area contributed by atoms with Crippen LogP contribution in [0.4, 0.5) is 5.69 Å². The minimum absolute atomic E-state index is 0.0855. The van der Waals surface area contributed by atoms with Crippen LogP contribution in [-0.4, -0.2) is 37.2 Å². The molecule has 0 aromatic heterocycles. The Labute approximate surface area is 138 Å². The molecule has 0 amide bonds. The van der Waals surface area contributed by atoms with Crippen LogP contribution in [-0.2, 0) is 9.63 Å². The Morgan fingerprint density at radius 3 is 2.22 bits per heavy atom. The Bertz CT molecular complexity index is 576. The van der Waals surface area contributed by atoms with Crippen molar-refractivity contribution in [3.63, 3.8) is 0 Å². The van der Waals surface area contributed by atoms with E-state index in [9.17, 15) is 4.79 Å². The second-order valence-electron chi connectivity index (χ2n) is 6.99. The third-order valence-corrected chi connectivity index (χ3v) is 4.01. The fourth-order valence-electron chi connectivity index (χ4n) is 2.34. The van der Waals surface area contributed by atoms with Crippen molar-refractivity contribution in [1.82, 2.24) is 5.06 Å². The van der Waals surface area contributed by atoms with E-state index in [-0.39, 0.29) is 11.9 Å². The summed E-state index contributed by atoms with van der Waals surface area (Å²) in [4.78, 5) is 19.6. The fourth-order valence-corrected chi connectivity index (χ4v) is 2.34. The molecule has 1 aliphatic rings. The van der Waals surface area contributed by atoms with Crippen molar-refractivity contribution in [2.75, 3.05) is 31.1 Å². The summed E-state index contributed by atoms with van der Waals surface area (Å²) in [5.74, 6) is -0.279. The molecule has 2 rings (SSSR count). The van der Waals surface area contributed by atoms with Gasteiger partial charge in [-0.3, -0.25) is 0 Å². The first-order valence-electron chi connectivity index (χ1n) is 8.03. The minimum Gasteiger partial charge on any atom is -0.369 e. The van der Waals surface area contributed by atoms with Crippen molar-refractivity contribution in [3.05, 3.63) is 29.8 Å².